The Morgan fingerprint density at radius 2 is 1.80 bits per heavy atom. The van der Waals surface area contributed by atoms with E-state index in [1.165, 1.54) is 32.2 Å². The van der Waals surface area contributed by atoms with E-state index in [0.29, 0.717) is 0 Å². The van der Waals surface area contributed by atoms with Crippen LogP contribution in [0.15, 0.2) is 48.5 Å². The normalized spacial score (nSPS) is 13.6. The Bertz CT molecular complexity index is 900. The molecule has 0 fully saturated rings. The minimum atomic E-state index is -1.10. The highest BCUT2D eigenvalue weighted by Crippen LogP contribution is 2.30. The van der Waals surface area contributed by atoms with E-state index in [1.54, 1.807) is 0 Å². The minimum Gasteiger partial charge on any atom is -0.495 e. The van der Waals surface area contributed by atoms with E-state index in [2.05, 4.69) is 5.32 Å². The van der Waals surface area contributed by atoms with Crippen molar-refractivity contribution >= 4 is 23.3 Å². The van der Waals surface area contributed by atoms with Gasteiger partial charge in [0.2, 0.25) is 0 Å². The van der Waals surface area contributed by atoms with Crippen LogP contribution in [0.5, 0.6) is 5.75 Å². The van der Waals surface area contributed by atoms with Gasteiger partial charge in [-0.15, -0.1) is 0 Å². The fraction of sp³-hybridized carbons (Fsp3) is 0.364. The molecule has 2 aromatic carbocycles. The van der Waals surface area contributed by atoms with Crippen molar-refractivity contribution in [2.75, 3.05) is 12.4 Å². The third kappa shape index (κ3) is 5.56. The maximum Gasteiger partial charge on any atom is 0.314 e. The number of nitrogens with zero attached hydrogens (tertiary/aromatic N) is 1. The number of esters is 1. The summed E-state index contributed by atoms with van der Waals surface area (Å²) in [6, 6.07) is 13.1. The van der Waals surface area contributed by atoms with Crippen LogP contribution in [-0.4, -0.2) is 30.0 Å². The number of rotatable bonds is 9. The molecule has 3 atom stereocenters. The molecule has 0 aliphatic rings. The third-order valence-corrected chi connectivity index (χ3v) is 4.94. The van der Waals surface area contributed by atoms with Crippen molar-refractivity contribution in [3.63, 3.8) is 0 Å². The average molecular weight is 414 g/mol. The minimum absolute atomic E-state index is 0.0204. The standard InChI is InChI=1S/C22H26N2O6/c1-5-14(2)20(16-9-7-6-8-10-16)22(26)30-15(3)21(25)23-18-13-17(24(27)28)11-12-19(18)29-4/h6-15,20H,5H2,1-4H3,(H,23,25)/t14-,15-,20+/m0/s1. The summed E-state index contributed by atoms with van der Waals surface area (Å²) >= 11 is 0. The molecule has 0 aliphatic carbocycles. The molecule has 0 heterocycles. The van der Waals surface area contributed by atoms with Crippen molar-refractivity contribution in [2.45, 2.75) is 39.2 Å². The summed E-state index contributed by atoms with van der Waals surface area (Å²) in [5, 5.41) is 13.5. The van der Waals surface area contributed by atoms with Crippen LogP contribution in [0.4, 0.5) is 11.4 Å². The number of ether oxygens (including phenoxy) is 2. The van der Waals surface area contributed by atoms with E-state index in [4.69, 9.17) is 9.47 Å². The molecule has 0 saturated heterocycles. The Hall–Kier alpha value is -3.42. The van der Waals surface area contributed by atoms with Crippen molar-refractivity contribution in [3.05, 3.63) is 64.2 Å². The molecule has 0 radical (unpaired) electrons. The molecular weight excluding hydrogens is 388 g/mol. The number of anilines is 1. The van der Waals surface area contributed by atoms with Crippen molar-refractivity contribution < 1.29 is 24.0 Å². The van der Waals surface area contributed by atoms with Crippen molar-refractivity contribution in [1.82, 2.24) is 0 Å². The van der Waals surface area contributed by atoms with Crippen LogP contribution in [-0.2, 0) is 14.3 Å². The molecule has 160 valence electrons. The van der Waals surface area contributed by atoms with Gasteiger partial charge >= 0.3 is 5.97 Å². The van der Waals surface area contributed by atoms with Gasteiger partial charge in [0.1, 0.15) is 5.75 Å². The number of carbonyl (C=O) groups is 2. The lowest BCUT2D eigenvalue weighted by Crippen LogP contribution is -2.33. The third-order valence-electron chi connectivity index (χ3n) is 4.94. The molecule has 0 spiro atoms. The number of hydrogen-bond acceptors (Lipinski definition) is 6. The van der Waals surface area contributed by atoms with Gasteiger partial charge in [-0.1, -0.05) is 50.6 Å². The first-order valence-corrected chi connectivity index (χ1v) is 9.67. The van der Waals surface area contributed by atoms with Gasteiger partial charge < -0.3 is 14.8 Å². The smallest absolute Gasteiger partial charge is 0.314 e. The Balaban J connectivity index is 2.15. The number of nitro groups is 1. The summed E-state index contributed by atoms with van der Waals surface area (Å²) in [5.41, 5.74) is 0.752. The first kappa shape index (κ1) is 22.9. The van der Waals surface area contributed by atoms with Gasteiger partial charge in [0.05, 0.1) is 23.6 Å². The van der Waals surface area contributed by atoms with Gasteiger partial charge in [-0.05, 0) is 24.5 Å². The summed E-state index contributed by atoms with van der Waals surface area (Å²) in [7, 11) is 1.39. The Labute approximate surface area is 175 Å². The maximum absolute atomic E-state index is 12.9. The number of nitrogens with one attached hydrogen (secondary N) is 1. The molecule has 1 amide bonds. The Kier molecular flexibility index (Phi) is 7.91. The second-order valence-electron chi connectivity index (χ2n) is 6.98. The molecule has 0 bridgehead atoms. The summed E-state index contributed by atoms with van der Waals surface area (Å²) in [5.74, 6) is -1.33. The molecule has 1 N–H and O–H groups in total. The van der Waals surface area contributed by atoms with E-state index in [1.807, 2.05) is 44.2 Å². The molecule has 30 heavy (non-hydrogen) atoms. The molecule has 8 nitrogen and oxygen atoms in total. The SMILES string of the molecule is CC[C@H](C)[C@@H](C(=O)O[C@@H](C)C(=O)Nc1cc([N+](=O)[O-])ccc1OC)c1ccccc1. The van der Waals surface area contributed by atoms with E-state index in [-0.39, 0.29) is 23.0 Å². The fourth-order valence-electron chi connectivity index (χ4n) is 3.04. The van der Waals surface area contributed by atoms with E-state index >= 15 is 0 Å². The van der Waals surface area contributed by atoms with Crippen LogP contribution in [0.2, 0.25) is 0 Å². The predicted octanol–water partition coefficient (Wildman–Crippen LogP) is 4.30. The van der Waals surface area contributed by atoms with Crippen LogP contribution in [0, 0.1) is 16.0 Å². The van der Waals surface area contributed by atoms with Crippen molar-refractivity contribution in [1.29, 1.82) is 0 Å². The maximum atomic E-state index is 12.9. The highest BCUT2D eigenvalue weighted by Gasteiger charge is 2.30. The molecule has 2 aromatic rings. The zero-order valence-electron chi connectivity index (χ0n) is 17.5. The van der Waals surface area contributed by atoms with E-state index in [9.17, 15) is 19.7 Å². The lowest BCUT2D eigenvalue weighted by molar-refractivity contribution is -0.384. The quantitative estimate of drug-likeness (QED) is 0.372. The molecule has 0 aromatic heterocycles. The molecule has 8 heteroatoms. The molecule has 0 aliphatic heterocycles. The largest absolute Gasteiger partial charge is 0.495 e. The van der Waals surface area contributed by atoms with Crippen LogP contribution >= 0.6 is 0 Å². The number of methoxy groups -OCH3 is 1. The number of amides is 1. The predicted molar refractivity (Wildman–Crippen MR) is 112 cm³/mol. The van der Waals surface area contributed by atoms with Gasteiger partial charge in [0.25, 0.3) is 11.6 Å². The van der Waals surface area contributed by atoms with Gasteiger partial charge in [-0.25, -0.2) is 0 Å². The van der Waals surface area contributed by atoms with Crippen molar-refractivity contribution in [3.8, 4) is 5.75 Å². The summed E-state index contributed by atoms with van der Waals surface area (Å²) in [6.07, 6.45) is -0.336. The van der Waals surface area contributed by atoms with Crippen LogP contribution in [0.25, 0.3) is 0 Å². The number of benzene rings is 2. The summed E-state index contributed by atoms with van der Waals surface area (Å²) in [4.78, 5) is 35.9. The van der Waals surface area contributed by atoms with Crippen LogP contribution < -0.4 is 10.1 Å². The summed E-state index contributed by atoms with van der Waals surface area (Å²) in [6.45, 7) is 5.39. The first-order valence-electron chi connectivity index (χ1n) is 9.67. The highest BCUT2D eigenvalue weighted by atomic mass is 16.6. The number of non-ortho nitro benzene ring substituents is 1. The first-order chi connectivity index (χ1) is 14.3. The fourth-order valence-corrected chi connectivity index (χ4v) is 3.04. The van der Waals surface area contributed by atoms with Crippen LogP contribution in [0.3, 0.4) is 0 Å². The average Bonchev–Trinajstić information content (AvgIpc) is 2.74. The zero-order valence-corrected chi connectivity index (χ0v) is 17.5. The van der Waals surface area contributed by atoms with Gasteiger partial charge in [0, 0.05) is 12.1 Å². The van der Waals surface area contributed by atoms with Gasteiger partial charge in [-0.3, -0.25) is 19.7 Å². The monoisotopic (exact) mass is 414 g/mol. The van der Waals surface area contributed by atoms with E-state index in [0.717, 1.165) is 12.0 Å². The Morgan fingerprint density at radius 1 is 1.13 bits per heavy atom. The Morgan fingerprint density at radius 3 is 2.37 bits per heavy atom. The lowest BCUT2D eigenvalue weighted by Gasteiger charge is -2.24. The van der Waals surface area contributed by atoms with Crippen LogP contribution in [0.1, 0.15) is 38.7 Å². The lowest BCUT2D eigenvalue weighted by atomic mass is 9.85. The number of nitro benzene ring substituents is 1. The van der Waals surface area contributed by atoms with E-state index < -0.39 is 28.8 Å². The second kappa shape index (κ2) is 10.4. The highest BCUT2D eigenvalue weighted by molar-refractivity contribution is 5.97. The summed E-state index contributed by atoms with van der Waals surface area (Å²) < 4.78 is 10.6. The van der Waals surface area contributed by atoms with Gasteiger partial charge in [0.15, 0.2) is 6.10 Å². The molecular formula is C22H26N2O6. The van der Waals surface area contributed by atoms with Gasteiger partial charge in [-0.2, -0.15) is 0 Å². The van der Waals surface area contributed by atoms with Crippen molar-refractivity contribution in [2.24, 2.45) is 5.92 Å². The molecule has 2 rings (SSSR count). The molecule has 0 unspecified atom stereocenters. The second-order valence-corrected chi connectivity index (χ2v) is 6.98. The zero-order chi connectivity index (χ0) is 22.3. The number of hydrogen-bond donors (Lipinski definition) is 1. The topological polar surface area (TPSA) is 108 Å². The molecule has 0 saturated carbocycles. The number of carbonyl (C=O) groups excluding carboxylic acids is 2.